The van der Waals surface area contributed by atoms with Gasteiger partial charge in [0.2, 0.25) is 26.0 Å². The number of rotatable bonds is 19. The molecule has 0 saturated heterocycles. The number of aromatic nitrogens is 2. The van der Waals surface area contributed by atoms with Crippen LogP contribution in [0.4, 0.5) is 0 Å². The molecule has 2 atom stereocenters. The number of nitrogens with two attached hydrogens (primary N) is 1. The minimum absolute atomic E-state index is 0.0120. The molecular weight excluding hydrogens is 1030 g/mol. The lowest BCUT2D eigenvalue weighted by molar-refractivity contribution is -0.156. The lowest BCUT2D eigenvalue weighted by Crippen LogP contribution is -2.48. The van der Waals surface area contributed by atoms with Gasteiger partial charge in [0.05, 0.1) is 34.0 Å². The molecule has 5 N–H and O–H groups in total. The Morgan fingerprint density at radius 3 is 1.32 bits per heavy atom. The molecule has 0 fully saturated rings. The van der Waals surface area contributed by atoms with E-state index in [1.165, 1.54) is 120 Å². The predicted octanol–water partition coefficient (Wildman–Crippen LogP) is 4.13. The number of carbonyl (C=O) groups is 7. The van der Waals surface area contributed by atoms with E-state index in [0.717, 1.165) is 31.1 Å². The second-order valence-electron chi connectivity index (χ2n) is 16.2. The van der Waals surface area contributed by atoms with Crippen molar-refractivity contribution < 1.29 is 55.1 Å². The molecule has 24 heteroatoms. The summed E-state index contributed by atoms with van der Waals surface area (Å²) in [7, 11) is -1.82. The topological polar surface area (TPSA) is 291 Å². The zero-order valence-electron chi connectivity index (χ0n) is 41.4. The van der Waals surface area contributed by atoms with Gasteiger partial charge in [-0.15, -0.1) is 22.7 Å². The van der Waals surface area contributed by atoms with Crippen LogP contribution in [0.2, 0.25) is 0 Å². The average Bonchev–Trinajstić information content (AvgIpc) is 4.05. The smallest absolute Gasteiger partial charge is 0.310 e. The maximum absolute atomic E-state index is 13.1. The van der Waals surface area contributed by atoms with Gasteiger partial charge in [0.1, 0.15) is 22.1 Å². The van der Waals surface area contributed by atoms with Crippen molar-refractivity contribution in [1.29, 1.82) is 0 Å². The van der Waals surface area contributed by atoms with Crippen LogP contribution in [0.25, 0.3) is 22.5 Å². The van der Waals surface area contributed by atoms with Crippen molar-refractivity contribution in [2.24, 2.45) is 5.73 Å². The van der Waals surface area contributed by atoms with E-state index < -0.39 is 55.9 Å². The number of benzene rings is 4. The van der Waals surface area contributed by atoms with Crippen LogP contribution in [0.1, 0.15) is 51.5 Å². The fourth-order valence-corrected chi connectivity index (χ4v) is 9.80. The Morgan fingerprint density at radius 1 is 0.581 bits per heavy atom. The lowest BCUT2D eigenvalue weighted by atomic mass is 10.1. The number of hydrogen-bond donors (Lipinski definition) is 4. The van der Waals surface area contributed by atoms with Crippen LogP contribution in [0.3, 0.4) is 0 Å². The Bertz CT molecular complexity index is 3150. The van der Waals surface area contributed by atoms with Gasteiger partial charge in [-0.1, -0.05) is 72.8 Å². The van der Waals surface area contributed by atoms with E-state index in [1.807, 2.05) is 71.4 Å². The summed E-state index contributed by atoms with van der Waals surface area (Å²) in [5, 5.41) is 12.7. The molecule has 2 heterocycles. The molecule has 0 bridgehead atoms. The monoisotopic (exact) mass is 1090 g/mol. The van der Waals surface area contributed by atoms with Gasteiger partial charge in [-0.25, -0.2) is 35.4 Å². The van der Waals surface area contributed by atoms with Crippen LogP contribution in [-0.4, -0.2) is 130 Å². The van der Waals surface area contributed by atoms with Crippen molar-refractivity contribution in [3.05, 3.63) is 141 Å². The standard InChI is InChI=1S/C24H26N4O5S2.C22H24N4O4S2.C4H6O3/c1-16(29)25-14-20(22(30)13-23-26-21(15-34-23)17-8-5-4-6-9-17)27-24(31)18-10-7-11-19(12-18)35(32,33)28(2)3;1-26(2)32(29,30)17-10-6-9-16(11-17)22(28)25-18(13-23)20(27)12-21-24-19(14-31-21)15-7-4-3-5-8-15;1-3(5)7-4(2)6/h4-12,15,20H,13-14H2,1-3H3,(H,25,29)(H,27,31);3-11,14,18H,12-13,23H2,1-2H3,(H,25,28);1-2H3/t20-;18-;/m00./s1. The van der Waals surface area contributed by atoms with Crippen molar-refractivity contribution in [3.8, 4) is 22.5 Å². The van der Waals surface area contributed by atoms with E-state index in [2.05, 4.69) is 30.7 Å². The highest BCUT2D eigenvalue weighted by molar-refractivity contribution is 7.89. The summed E-state index contributed by atoms with van der Waals surface area (Å²) in [6.07, 6.45) is 0.00573. The Kier molecular flexibility index (Phi) is 22.3. The molecule has 392 valence electrons. The van der Waals surface area contributed by atoms with E-state index in [9.17, 15) is 50.4 Å². The molecule has 74 heavy (non-hydrogen) atoms. The first-order valence-corrected chi connectivity index (χ1v) is 26.9. The van der Waals surface area contributed by atoms with Gasteiger partial charge in [-0.05, 0) is 36.4 Å². The van der Waals surface area contributed by atoms with Crippen LogP contribution in [0, 0.1) is 0 Å². The summed E-state index contributed by atoms with van der Waals surface area (Å²) >= 11 is 2.70. The number of ketones is 2. The van der Waals surface area contributed by atoms with Gasteiger partial charge < -0.3 is 26.4 Å². The summed E-state index contributed by atoms with van der Waals surface area (Å²) < 4.78 is 55.5. The number of sulfonamides is 2. The number of amides is 3. The quantitative estimate of drug-likeness (QED) is 0.0655. The van der Waals surface area contributed by atoms with Crippen LogP contribution >= 0.6 is 22.7 Å². The van der Waals surface area contributed by atoms with Crippen LogP contribution in [0.15, 0.2) is 130 Å². The summed E-state index contributed by atoms with van der Waals surface area (Å²) in [4.78, 5) is 91.4. The Morgan fingerprint density at radius 2 is 0.973 bits per heavy atom. The molecule has 20 nitrogen and oxygen atoms in total. The number of nitrogens with zero attached hydrogens (tertiary/aromatic N) is 4. The van der Waals surface area contributed by atoms with Crippen LogP contribution in [0.5, 0.6) is 0 Å². The zero-order chi connectivity index (χ0) is 54.8. The first-order valence-electron chi connectivity index (χ1n) is 22.3. The van der Waals surface area contributed by atoms with Gasteiger partial charge in [0.15, 0.2) is 11.6 Å². The number of esters is 2. The first kappa shape index (κ1) is 59.4. The molecule has 0 aliphatic rings. The molecule has 3 amide bonds. The highest BCUT2D eigenvalue weighted by Gasteiger charge is 2.26. The molecule has 4 aromatic carbocycles. The fraction of sp³-hybridized carbons (Fsp3) is 0.260. The van der Waals surface area contributed by atoms with Gasteiger partial charge >= 0.3 is 11.9 Å². The number of carbonyl (C=O) groups excluding carboxylic acids is 7. The fourth-order valence-electron chi connectivity index (χ4n) is 6.28. The maximum atomic E-state index is 13.1. The molecule has 6 aromatic rings. The van der Waals surface area contributed by atoms with Gasteiger partial charge in [-0.3, -0.25) is 33.6 Å². The number of ether oxygens (including phenoxy) is 1. The molecule has 0 saturated carbocycles. The van der Waals surface area contributed by atoms with Crippen molar-refractivity contribution >= 4 is 83.9 Å². The normalized spacial score (nSPS) is 11.9. The predicted molar refractivity (Wildman–Crippen MR) is 280 cm³/mol. The van der Waals surface area contributed by atoms with Crippen LogP contribution in [-0.2, 0) is 61.6 Å². The lowest BCUT2D eigenvalue weighted by Gasteiger charge is -2.18. The zero-order valence-corrected chi connectivity index (χ0v) is 44.7. The first-order chi connectivity index (χ1) is 34.9. The molecule has 2 aromatic heterocycles. The Labute approximate surface area is 437 Å². The second kappa shape index (κ2) is 27.7. The summed E-state index contributed by atoms with van der Waals surface area (Å²) in [5.41, 5.74) is 9.36. The second-order valence-corrected chi connectivity index (χ2v) is 22.4. The van der Waals surface area contributed by atoms with Crippen molar-refractivity contribution in [2.75, 3.05) is 41.3 Å². The molecule has 0 spiro atoms. The van der Waals surface area contributed by atoms with Crippen molar-refractivity contribution in [3.63, 3.8) is 0 Å². The summed E-state index contributed by atoms with van der Waals surface area (Å²) in [5.74, 6) is -3.29. The highest BCUT2D eigenvalue weighted by Crippen LogP contribution is 2.24. The third-order valence-electron chi connectivity index (χ3n) is 10.1. The third kappa shape index (κ3) is 17.8. The number of Topliss-reactive ketones (excluding diaryl/α,β-unsaturated/α-hetero) is 2. The van der Waals surface area contributed by atoms with E-state index in [1.54, 1.807) is 0 Å². The minimum Gasteiger partial charge on any atom is -0.394 e. The van der Waals surface area contributed by atoms with Gasteiger partial charge in [0, 0.05) is 95.1 Å². The summed E-state index contributed by atoms with van der Waals surface area (Å²) in [6, 6.07) is 28.4. The number of hydrogen-bond acceptors (Lipinski definition) is 17. The minimum atomic E-state index is -3.74. The summed E-state index contributed by atoms with van der Waals surface area (Å²) in [6.45, 7) is 3.48. The van der Waals surface area contributed by atoms with E-state index in [0.29, 0.717) is 10.0 Å². The Balaban J connectivity index is 0.000000285. The van der Waals surface area contributed by atoms with Crippen molar-refractivity contribution in [2.45, 2.75) is 55.5 Å². The third-order valence-corrected chi connectivity index (χ3v) is 15.4. The molecule has 0 radical (unpaired) electrons. The molecular formula is C50H56N8O12S4. The number of thiazole rings is 2. The van der Waals surface area contributed by atoms with E-state index in [-0.39, 0.29) is 64.3 Å². The van der Waals surface area contributed by atoms with E-state index in [4.69, 9.17) is 5.73 Å². The largest absolute Gasteiger partial charge is 0.394 e. The SMILES string of the molecule is CC(=O)NC[C@H](NC(=O)c1cccc(S(=O)(=O)N(C)C)c1)C(=O)Cc1nc(-c2ccccc2)cs1.CC(=O)OC(C)=O.CN(C)S(=O)(=O)c1cccc(C(=O)N[C@@H](CN)C(=O)Cc2nc(-c3ccccc3)cs2)c1. The van der Waals surface area contributed by atoms with E-state index >= 15 is 0 Å². The van der Waals surface area contributed by atoms with Gasteiger partial charge in [0.25, 0.3) is 11.8 Å². The average molecular weight is 1090 g/mol. The highest BCUT2D eigenvalue weighted by atomic mass is 32.2. The van der Waals surface area contributed by atoms with Crippen LogP contribution < -0.4 is 21.7 Å². The molecule has 6 rings (SSSR count). The number of nitrogens with one attached hydrogen (secondary N) is 3. The molecule has 0 aliphatic heterocycles. The molecule has 0 unspecified atom stereocenters. The van der Waals surface area contributed by atoms with Crippen molar-refractivity contribution in [1.82, 2.24) is 34.5 Å². The maximum Gasteiger partial charge on any atom is 0.310 e. The Hall–Kier alpha value is -7.19. The molecule has 0 aliphatic carbocycles. The van der Waals surface area contributed by atoms with Gasteiger partial charge in [-0.2, -0.15) is 0 Å².